The van der Waals surface area contributed by atoms with E-state index < -0.39 is 23.1 Å². The third-order valence-corrected chi connectivity index (χ3v) is 3.75. The van der Waals surface area contributed by atoms with Crippen molar-refractivity contribution < 1.29 is 23.8 Å². The van der Waals surface area contributed by atoms with Crippen molar-refractivity contribution in [1.29, 1.82) is 0 Å². The first-order valence-electron chi connectivity index (χ1n) is 6.59. The standard InChI is InChI=1S/C14H17FN2O4/c15-9-1-2-11(16)10(7-9)12(18)17-8-14(13(19)20)3-5-21-6-4-14/h1-2,7H,3-6,8,16H2,(H,17,18)(H,19,20). The monoisotopic (exact) mass is 296 g/mol. The summed E-state index contributed by atoms with van der Waals surface area (Å²) >= 11 is 0. The molecule has 0 aliphatic carbocycles. The minimum atomic E-state index is -1.05. The molecule has 0 unspecified atom stereocenters. The number of carboxylic acid groups (broad SMARTS) is 1. The normalized spacial score (nSPS) is 17.2. The summed E-state index contributed by atoms with van der Waals surface area (Å²) in [5.74, 6) is -2.13. The summed E-state index contributed by atoms with van der Waals surface area (Å²) in [6.07, 6.45) is 0.641. The molecule has 1 heterocycles. The van der Waals surface area contributed by atoms with Crippen LogP contribution in [0.5, 0.6) is 0 Å². The van der Waals surface area contributed by atoms with E-state index in [4.69, 9.17) is 10.5 Å². The molecule has 0 radical (unpaired) electrons. The molecule has 1 aromatic rings. The van der Waals surface area contributed by atoms with Gasteiger partial charge in [0, 0.05) is 25.4 Å². The Balaban J connectivity index is 2.08. The van der Waals surface area contributed by atoms with Crippen LogP contribution < -0.4 is 11.1 Å². The second-order valence-electron chi connectivity index (χ2n) is 5.11. The molecule has 1 amide bonds. The number of nitrogens with two attached hydrogens (primary N) is 1. The Labute approximate surface area is 121 Å². The number of hydrogen-bond acceptors (Lipinski definition) is 4. The van der Waals surface area contributed by atoms with Crippen LogP contribution in [0.3, 0.4) is 0 Å². The maximum absolute atomic E-state index is 13.2. The van der Waals surface area contributed by atoms with Gasteiger partial charge >= 0.3 is 5.97 Å². The Bertz CT molecular complexity index is 556. The second kappa shape index (κ2) is 6.09. The molecule has 4 N–H and O–H groups in total. The lowest BCUT2D eigenvalue weighted by Gasteiger charge is -2.33. The number of carboxylic acids is 1. The van der Waals surface area contributed by atoms with Crippen molar-refractivity contribution in [3.05, 3.63) is 29.6 Å². The predicted molar refractivity (Wildman–Crippen MR) is 73.3 cm³/mol. The van der Waals surface area contributed by atoms with Gasteiger partial charge in [-0.1, -0.05) is 0 Å². The number of anilines is 1. The Hall–Kier alpha value is -2.15. The third kappa shape index (κ3) is 3.30. The maximum atomic E-state index is 13.2. The van der Waals surface area contributed by atoms with Crippen LogP contribution in [0, 0.1) is 11.2 Å². The zero-order valence-electron chi connectivity index (χ0n) is 11.4. The summed E-state index contributed by atoms with van der Waals surface area (Å²) in [6, 6.07) is 3.48. The Morgan fingerprint density at radius 3 is 2.67 bits per heavy atom. The molecule has 7 heteroatoms. The number of carbonyl (C=O) groups is 2. The van der Waals surface area contributed by atoms with Gasteiger partial charge in [-0.3, -0.25) is 9.59 Å². The quantitative estimate of drug-likeness (QED) is 0.720. The number of carbonyl (C=O) groups excluding carboxylic acids is 1. The molecule has 1 aliphatic heterocycles. The summed E-state index contributed by atoms with van der Waals surface area (Å²) in [4.78, 5) is 23.5. The average molecular weight is 296 g/mol. The van der Waals surface area contributed by atoms with Crippen molar-refractivity contribution in [1.82, 2.24) is 5.32 Å². The van der Waals surface area contributed by atoms with Crippen LogP contribution in [0.15, 0.2) is 18.2 Å². The second-order valence-corrected chi connectivity index (χ2v) is 5.11. The molecule has 0 atom stereocenters. The van der Waals surface area contributed by atoms with Gasteiger partial charge in [-0.05, 0) is 31.0 Å². The van der Waals surface area contributed by atoms with Crippen LogP contribution in [0.25, 0.3) is 0 Å². The zero-order valence-corrected chi connectivity index (χ0v) is 11.4. The molecule has 2 rings (SSSR count). The summed E-state index contributed by atoms with van der Waals surface area (Å²) in [6.45, 7) is 0.634. The van der Waals surface area contributed by atoms with E-state index in [0.717, 1.165) is 12.1 Å². The number of nitrogen functional groups attached to an aromatic ring is 1. The lowest BCUT2D eigenvalue weighted by atomic mass is 9.80. The van der Waals surface area contributed by atoms with Gasteiger partial charge in [0.05, 0.1) is 11.0 Å². The van der Waals surface area contributed by atoms with E-state index in [2.05, 4.69) is 5.32 Å². The number of aliphatic carboxylic acids is 1. The van der Waals surface area contributed by atoms with E-state index in [1.165, 1.54) is 6.07 Å². The minimum absolute atomic E-state index is 0.00241. The van der Waals surface area contributed by atoms with Crippen LogP contribution in [0.4, 0.5) is 10.1 Å². The molecule has 114 valence electrons. The number of rotatable bonds is 4. The van der Waals surface area contributed by atoms with Crippen molar-refractivity contribution >= 4 is 17.6 Å². The molecule has 21 heavy (non-hydrogen) atoms. The van der Waals surface area contributed by atoms with E-state index in [9.17, 15) is 19.1 Å². The molecule has 0 aromatic heterocycles. The van der Waals surface area contributed by atoms with Crippen LogP contribution >= 0.6 is 0 Å². The van der Waals surface area contributed by atoms with Crippen LogP contribution in [-0.2, 0) is 9.53 Å². The average Bonchev–Trinajstić information content (AvgIpc) is 2.48. The van der Waals surface area contributed by atoms with Gasteiger partial charge in [-0.2, -0.15) is 0 Å². The molecule has 1 aliphatic rings. The summed E-state index contributed by atoms with van der Waals surface area (Å²) in [5.41, 5.74) is 4.73. The molecule has 1 fully saturated rings. The fourth-order valence-electron chi connectivity index (χ4n) is 2.30. The number of halogens is 1. The van der Waals surface area contributed by atoms with Gasteiger partial charge in [-0.15, -0.1) is 0 Å². The molecular weight excluding hydrogens is 279 g/mol. The Kier molecular flexibility index (Phi) is 4.42. The van der Waals surface area contributed by atoms with Crippen LogP contribution in [-0.4, -0.2) is 36.7 Å². The van der Waals surface area contributed by atoms with E-state index in [1.54, 1.807) is 0 Å². The van der Waals surface area contributed by atoms with Crippen molar-refractivity contribution in [3.8, 4) is 0 Å². The molecule has 0 bridgehead atoms. The first-order chi connectivity index (χ1) is 9.94. The highest BCUT2D eigenvalue weighted by Gasteiger charge is 2.40. The first-order valence-corrected chi connectivity index (χ1v) is 6.59. The van der Waals surface area contributed by atoms with Gasteiger partial charge in [-0.25, -0.2) is 4.39 Å². The Morgan fingerprint density at radius 2 is 2.05 bits per heavy atom. The largest absolute Gasteiger partial charge is 0.481 e. The fraction of sp³-hybridized carbons (Fsp3) is 0.429. The predicted octanol–water partition coefficient (Wildman–Crippen LogP) is 1.02. The van der Waals surface area contributed by atoms with Crippen LogP contribution in [0.2, 0.25) is 0 Å². The van der Waals surface area contributed by atoms with Gasteiger partial charge in [0.25, 0.3) is 5.91 Å². The van der Waals surface area contributed by atoms with Gasteiger partial charge in [0.2, 0.25) is 0 Å². The van der Waals surface area contributed by atoms with E-state index >= 15 is 0 Å². The third-order valence-electron chi connectivity index (χ3n) is 3.75. The Morgan fingerprint density at radius 1 is 1.38 bits per heavy atom. The molecule has 0 saturated carbocycles. The highest BCUT2D eigenvalue weighted by Crippen LogP contribution is 2.30. The molecule has 0 spiro atoms. The van der Waals surface area contributed by atoms with Gasteiger partial charge in [0.1, 0.15) is 5.82 Å². The van der Waals surface area contributed by atoms with Crippen molar-refractivity contribution in [2.24, 2.45) is 5.41 Å². The van der Waals surface area contributed by atoms with Gasteiger partial charge in [0.15, 0.2) is 0 Å². The number of ether oxygens (including phenoxy) is 1. The number of amides is 1. The molecular formula is C14H17FN2O4. The molecule has 1 aromatic carbocycles. The summed E-state index contributed by atoms with van der Waals surface area (Å²) in [5, 5.41) is 11.9. The first kappa shape index (κ1) is 15.2. The van der Waals surface area contributed by atoms with Crippen molar-refractivity contribution in [2.75, 3.05) is 25.5 Å². The molecule has 6 nitrogen and oxygen atoms in total. The van der Waals surface area contributed by atoms with E-state index in [0.29, 0.717) is 26.1 Å². The fourth-order valence-corrected chi connectivity index (χ4v) is 2.30. The SMILES string of the molecule is Nc1ccc(F)cc1C(=O)NCC1(C(=O)O)CCOCC1. The topological polar surface area (TPSA) is 102 Å². The number of nitrogens with one attached hydrogen (secondary N) is 1. The zero-order chi connectivity index (χ0) is 15.5. The lowest BCUT2D eigenvalue weighted by Crippen LogP contribution is -2.46. The highest BCUT2D eigenvalue weighted by molar-refractivity contribution is 5.99. The lowest BCUT2D eigenvalue weighted by molar-refractivity contribution is -0.154. The van der Waals surface area contributed by atoms with E-state index in [1.807, 2.05) is 0 Å². The smallest absolute Gasteiger partial charge is 0.311 e. The molecule has 1 saturated heterocycles. The van der Waals surface area contributed by atoms with E-state index in [-0.39, 0.29) is 17.8 Å². The van der Waals surface area contributed by atoms with Crippen molar-refractivity contribution in [3.63, 3.8) is 0 Å². The summed E-state index contributed by atoms with van der Waals surface area (Å²) in [7, 11) is 0. The number of benzene rings is 1. The van der Waals surface area contributed by atoms with Crippen molar-refractivity contribution in [2.45, 2.75) is 12.8 Å². The summed E-state index contributed by atoms with van der Waals surface area (Å²) < 4.78 is 18.3. The van der Waals surface area contributed by atoms with Crippen LogP contribution in [0.1, 0.15) is 23.2 Å². The number of hydrogen-bond donors (Lipinski definition) is 3. The highest BCUT2D eigenvalue weighted by atomic mass is 19.1. The maximum Gasteiger partial charge on any atom is 0.311 e. The minimum Gasteiger partial charge on any atom is -0.481 e. The van der Waals surface area contributed by atoms with Gasteiger partial charge < -0.3 is 20.9 Å².